The van der Waals surface area contributed by atoms with Gasteiger partial charge in [0.2, 0.25) is 5.91 Å². The van der Waals surface area contributed by atoms with E-state index in [1.807, 2.05) is 19.3 Å². The number of pyridine rings is 1. The van der Waals surface area contributed by atoms with Gasteiger partial charge in [-0.1, -0.05) is 30.3 Å². The van der Waals surface area contributed by atoms with Gasteiger partial charge < -0.3 is 20.9 Å². The smallest absolute Gasteiger partial charge is 0.222 e. The minimum atomic E-state index is -0.221. The number of nitrogens with zero attached hydrogens (tertiary/aromatic N) is 4. The van der Waals surface area contributed by atoms with Gasteiger partial charge in [-0.25, -0.2) is 4.98 Å². The first-order valence-electron chi connectivity index (χ1n) is 10.7. The number of benzene rings is 1. The molecular weight excluding hydrogens is 376 g/mol. The highest BCUT2D eigenvalue weighted by Gasteiger charge is 2.26. The van der Waals surface area contributed by atoms with Gasteiger partial charge in [-0.05, 0) is 36.5 Å². The van der Waals surface area contributed by atoms with E-state index in [2.05, 4.69) is 55.4 Å². The Morgan fingerprint density at radius 3 is 2.87 bits per heavy atom. The zero-order valence-electron chi connectivity index (χ0n) is 17.6. The number of hydrogen-bond donors (Lipinski definition) is 2. The highest BCUT2D eigenvalue weighted by Crippen LogP contribution is 2.25. The van der Waals surface area contributed by atoms with E-state index >= 15 is 0 Å². The van der Waals surface area contributed by atoms with Crippen molar-refractivity contribution in [2.45, 2.75) is 32.4 Å². The lowest BCUT2D eigenvalue weighted by Gasteiger charge is -2.34. The zero-order chi connectivity index (χ0) is 20.9. The Balaban J connectivity index is 1.44. The lowest BCUT2D eigenvalue weighted by Crippen LogP contribution is -2.44. The molecule has 3 heterocycles. The van der Waals surface area contributed by atoms with E-state index in [0.29, 0.717) is 13.1 Å². The van der Waals surface area contributed by atoms with Crippen LogP contribution in [0, 0.1) is 5.92 Å². The Hall–Kier alpha value is -3.09. The van der Waals surface area contributed by atoms with Crippen LogP contribution in [0.1, 0.15) is 29.5 Å². The van der Waals surface area contributed by atoms with E-state index in [4.69, 9.17) is 5.73 Å². The number of amides is 1. The number of rotatable bonds is 4. The van der Waals surface area contributed by atoms with Crippen LogP contribution in [0.5, 0.6) is 0 Å². The molecule has 30 heavy (non-hydrogen) atoms. The molecule has 0 bridgehead atoms. The van der Waals surface area contributed by atoms with Crippen molar-refractivity contribution in [3.05, 3.63) is 59.3 Å². The average Bonchev–Trinajstić information content (AvgIpc) is 2.79. The highest BCUT2D eigenvalue weighted by atomic mass is 16.1. The molecule has 4 rings (SSSR count). The number of aliphatic imine (C=N–C) groups is 1. The topological polar surface area (TPSA) is 86.9 Å². The summed E-state index contributed by atoms with van der Waals surface area (Å²) in [5, 5.41) is 3.52. The maximum Gasteiger partial charge on any atom is 0.222 e. The molecule has 0 spiro atoms. The quantitative estimate of drug-likeness (QED) is 0.598. The fourth-order valence-corrected chi connectivity index (χ4v) is 4.44. The number of piperidine rings is 1. The van der Waals surface area contributed by atoms with Crippen molar-refractivity contribution in [2.75, 3.05) is 31.6 Å². The molecule has 1 atom stereocenters. The van der Waals surface area contributed by atoms with Gasteiger partial charge in [0.15, 0.2) is 5.96 Å². The standard InChI is InChI=1S/C23H30N6O/c1-25-23(29-13-10-17-6-2-3-7-19(17)15-29)27-14-18-8-4-11-26-22(18)28-12-5-9-20(16-28)21(24)30/h2-4,6-8,11,20H,5,9-10,12-16H2,1H3,(H2,24,30)(H,25,27). The molecule has 158 valence electrons. The van der Waals surface area contributed by atoms with Crippen LogP contribution >= 0.6 is 0 Å². The Morgan fingerprint density at radius 2 is 2.07 bits per heavy atom. The molecule has 1 aromatic heterocycles. The minimum absolute atomic E-state index is 0.109. The van der Waals surface area contributed by atoms with Crippen LogP contribution in [0.3, 0.4) is 0 Å². The van der Waals surface area contributed by atoms with Gasteiger partial charge >= 0.3 is 0 Å². The lowest BCUT2D eigenvalue weighted by atomic mass is 9.97. The van der Waals surface area contributed by atoms with E-state index < -0.39 is 0 Å². The molecule has 1 saturated heterocycles. The van der Waals surface area contributed by atoms with Crippen molar-refractivity contribution >= 4 is 17.7 Å². The number of aromatic nitrogens is 1. The molecule has 7 heteroatoms. The summed E-state index contributed by atoms with van der Waals surface area (Å²) in [7, 11) is 1.83. The molecular formula is C23H30N6O. The number of hydrogen-bond acceptors (Lipinski definition) is 4. The minimum Gasteiger partial charge on any atom is -0.369 e. The van der Waals surface area contributed by atoms with Crippen molar-refractivity contribution < 1.29 is 4.79 Å². The lowest BCUT2D eigenvalue weighted by molar-refractivity contribution is -0.122. The summed E-state index contributed by atoms with van der Waals surface area (Å²) < 4.78 is 0. The Morgan fingerprint density at radius 1 is 1.23 bits per heavy atom. The number of fused-ring (bicyclic) bond motifs is 1. The molecule has 1 amide bonds. The van der Waals surface area contributed by atoms with Gasteiger partial charge in [-0.3, -0.25) is 9.79 Å². The molecule has 2 aliphatic rings. The van der Waals surface area contributed by atoms with E-state index in [1.165, 1.54) is 11.1 Å². The number of nitrogens with one attached hydrogen (secondary N) is 1. The van der Waals surface area contributed by atoms with Crippen LogP contribution < -0.4 is 16.0 Å². The van der Waals surface area contributed by atoms with E-state index in [0.717, 1.165) is 56.2 Å². The summed E-state index contributed by atoms with van der Waals surface area (Å²) in [6, 6.07) is 12.6. The van der Waals surface area contributed by atoms with Crippen LogP contribution in [0.4, 0.5) is 5.82 Å². The van der Waals surface area contributed by atoms with Gasteiger partial charge in [0.1, 0.15) is 5.82 Å². The number of carbonyl (C=O) groups excluding carboxylic acids is 1. The normalized spacial score (nSPS) is 19.4. The van der Waals surface area contributed by atoms with Gasteiger partial charge in [0, 0.05) is 51.5 Å². The molecule has 0 aliphatic carbocycles. The van der Waals surface area contributed by atoms with Gasteiger partial charge in [0.05, 0.1) is 5.92 Å². The zero-order valence-corrected chi connectivity index (χ0v) is 17.6. The van der Waals surface area contributed by atoms with Crippen molar-refractivity contribution in [3.8, 4) is 0 Å². The molecule has 3 N–H and O–H groups in total. The number of nitrogens with two attached hydrogens (primary N) is 1. The molecule has 0 saturated carbocycles. The maximum absolute atomic E-state index is 11.7. The maximum atomic E-state index is 11.7. The monoisotopic (exact) mass is 406 g/mol. The predicted octanol–water partition coefficient (Wildman–Crippen LogP) is 1.92. The first-order chi connectivity index (χ1) is 14.7. The predicted molar refractivity (Wildman–Crippen MR) is 119 cm³/mol. The molecule has 7 nitrogen and oxygen atoms in total. The second-order valence-corrected chi connectivity index (χ2v) is 8.01. The average molecular weight is 407 g/mol. The third kappa shape index (κ3) is 4.40. The molecule has 0 radical (unpaired) electrons. The van der Waals surface area contributed by atoms with E-state index in [-0.39, 0.29) is 11.8 Å². The van der Waals surface area contributed by atoms with Crippen molar-refractivity contribution in [1.82, 2.24) is 15.2 Å². The van der Waals surface area contributed by atoms with Crippen LogP contribution in [0.15, 0.2) is 47.6 Å². The fourth-order valence-electron chi connectivity index (χ4n) is 4.44. The third-order valence-electron chi connectivity index (χ3n) is 6.07. The largest absolute Gasteiger partial charge is 0.369 e. The summed E-state index contributed by atoms with van der Waals surface area (Å²) in [4.78, 5) is 25.3. The molecule has 2 aliphatic heterocycles. The number of anilines is 1. The Labute approximate surface area is 178 Å². The summed E-state index contributed by atoms with van der Waals surface area (Å²) in [6.07, 6.45) is 4.64. The van der Waals surface area contributed by atoms with Crippen molar-refractivity contribution in [3.63, 3.8) is 0 Å². The second kappa shape index (κ2) is 9.15. The summed E-state index contributed by atoms with van der Waals surface area (Å²) in [6.45, 7) is 3.97. The number of primary amides is 1. The molecule has 1 fully saturated rings. The van der Waals surface area contributed by atoms with Crippen LogP contribution in [0.2, 0.25) is 0 Å². The third-order valence-corrected chi connectivity index (χ3v) is 6.07. The number of guanidine groups is 1. The summed E-state index contributed by atoms with van der Waals surface area (Å²) >= 11 is 0. The molecule has 1 aromatic carbocycles. The molecule has 1 unspecified atom stereocenters. The van der Waals surface area contributed by atoms with E-state index in [1.54, 1.807) is 0 Å². The fraction of sp³-hybridized carbons (Fsp3) is 0.435. The molecule has 2 aromatic rings. The second-order valence-electron chi connectivity index (χ2n) is 8.01. The van der Waals surface area contributed by atoms with Crippen LogP contribution in [-0.2, 0) is 24.3 Å². The van der Waals surface area contributed by atoms with Gasteiger partial charge in [-0.2, -0.15) is 0 Å². The first kappa shape index (κ1) is 20.2. The van der Waals surface area contributed by atoms with Gasteiger partial charge in [-0.15, -0.1) is 0 Å². The first-order valence-corrected chi connectivity index (χ1v) is 10.7. The van der Waals surface area contributed by atoms with Crippen LogP contribution in [0.25, 0.3) is 0 Å². The number of carbonyl (C=O) groups is 1. The Kier molecular flexibility index (Phi) is 6.16. The van der Waals surface area contributed by atoms with E-state index in [9.17, 15) is 4.79 Å². The highest BCUT2D eigenvalue weighted by molar-refractivity contribution is 5.80. The van der Waals surface area contributed by atoms with Gasteiger partial charge in [0.25, 0.3) is 0 Å². The van der Waals surface area contributed by atoms with Crippen molar-refractivity contribution in [2.24, 2.45) is 16.6 Å². The SMILES string of the molecule is CN=C(NCc1cccnc1N1CCCC(C(N)=O)C1)N1CCc2ccccc2C1. The summed E-state index contributed by atoms with van der Waals surface area (Å²) in [5.41, 5.74) is 9.44. The van der Waals surface area contributed by atoms with Crippen LogP contribution in [-0.4, -0.2) is 48.4 Å². The van der Waals surface area contributed by atoms with Crippen molar-refractivity contribution in [1.29, 1.82) is 0 Å². The Bertz CT molecular complexity index is 927. The summed E-state index contributed by atoms with van der Waals surface area (Å²) in [5.74, 6) is 1.49.